The van der Waals surface area contributed by atoms with Gasteiger partial charge in [-0.3, -0.25) is 10.0 Å². The maximum Gasteiger partial charge on any atom is 0.416 e. The Hall–Kier alpha value is -2.26. The summed E-state index contributed by atoms with van der Waals surface area (Å²) < 4.78 is 76.8. The van der Waals surface area contributed by atoms with Gasteiger partial charge in [-0.25, -0.2) is 0 Å². The van der Waals surface area contributed by atoms with Crippen molar-refractivity contribution in [3.8, 4) is 0 Å². The van der Waals surface area contributed by atoms with Crippen LogP contribution in [0.4, 0.5) is 32.0 Å². The molecule has 10 heteroatoms. The number of nitrogens with zero attached hydrogens (tertiary/aromatic N) is 1. The Balaban J connectivity index is 2.51. The first kappa shape index (κ1) is 19.1. The Labute approximate surface area is 142 Å². The lowest BCUT2D eigenvalue weighted by Gasteiger charge is -2.19. The second-order valence-corrected chi connectivity index (χ2v) is 5.33. The summed E-state index contributed by atoms with van der Waals surface area (Å²) in [5.41, 5.74) is -4.52. The maximum atomic E-state index is 12.8. The van der Waals surface area contributed by atoms with E-state index in [1.807, 2.05) is 0 Å². The Morgan fingerprint density at radius 2 is 1.44 bits per heavy atom. The monoisotopic (exact) mass is 383 g/mol. The minimum Gasteiger partial charge on any atom is -0.281 e. The summed E-state index contributed by atoms with van der Waals surface area (Å²) in [7, 11) is 0. The van der Waals surface area contributed by atoms with E-state index >= 15 is 0 Å². The van der Waals surface area contributed by atoms with Crippen LogP contribution in [-0.4, -0.2) is 11.1 Å². The Morgan fingerprint density at radius 3 is 1.88 bits per heavy atom. The molecular formula is C15H8ClF6NO2. The van der Waals surface area contributed by atoms with Crippen LogP contribution < -0.4 is 5.06 Å². The van der Waals surface area contributed by atoms with E-state index in [2.05, 4.69) is 0 Å². The minimum atomic E-state index is -5.10. The molecule has 3 nitrogen and oxygen atoms in total. The van der Waals surface area contributed by atoms with Crippen molar-refractivity contribution in [3.05, 3.63) is 64.2 Å². The molecule has 134 valence electrons. The number of hydroxylamine groups is 1. The number of anilines is 1. The summed E-state index contributed by atoms with van der Waals surface area (Å²) >= 11 is 5.66. The lowest BCUT2D eigenvalue weighted by molar-refractivity contribution is -0.143. The van der Waals surface area contributed by atoms with Gasteiger partial charge in [0.05, 0.1) is 16.8 Å². The summed E-state index contributed by atoms with van der Waals surface area (Å²) in [5, 5.41) is 9.62. The first-order valence-electron chi connectivity index (χ1n) is 6.48. The largest absolute Gasteiger partial charge is 0.416 e. The average Bonchev–Trinajstić information content (AvgIpc) is 2.51. The van der Waals surface area contributed by atoms with Gasteiger partial charge in [-0.15, -0.1) is 0 Å². The van der Waals surface area contributed by atoms with Gasteiger partial charge in [0.15, 0.2) is 0 Å². The molecule has 1 N–H and O–H groups in total. The van der Waals surface area contributed by atoms with Gasteiger partial charge in [-0.2, -0.15) is 31.4 Å². The Morgan fingerprint density at radius 1 is 0.920 bits per heavy atom. The van der Waals surface area contributed by atoms with Crippen LogP contribution in [0.3, 0.4) is 0 Å². The smallest absolute Gasteiger partial charge is 0.281 e. The Kier molecular flexibility index (Phi) is 5.01. The molecule has 0 unspecified atom stereocenters. The second kappa shape index (κ2) is 6.57. The molecule has 2 aromatic carbocycles. The zero-order valence-electron chi connectivity index (χ0n) is 12.0. The van der Waals surface area contributed by atoms with Crippen molar-refractivity contribution in [2.75, 3.05) is 5.06 Å². The number of carbonyl (C=O) groups excluding carboxylic acids is 1. The number of amides is 1. The van der Waals surface area contributed by atoms with Gasteiger partial charge < -0.3 is 0 Å². The molecule has 25 heavy (non-hydrogen) atoms. The van der Waals surface area contributed by atoms with Crippen LogP contribution in [0.5, 0.6) is 0 Å². The molecule has 0 aliphatic carbocycles. The first-order valence-corrected chi connectivity index (χ1v) is 6.86. The normalized spacial score (nSPS) is 12.2. The average molecular weight is 384 g/mol. The summed E-state index contributed by atoms with van der Waals surface area (Å²) in [4.78, 5) is 12.1. The molecule has 0 heterocycles. The zero-order chi connectivity index (χ0) is 19.0. The molecule has 0 saturated heterocycles. The number of alkyl halides is 6. The van der Waals surface area contributed by atoms with Gasteiger partial charge in [0.1, 0.15) is 0 Å². The molecule has 0 aromatic heterocycles. The molecular weight excluding hydrogens is 376 g/mol. The quantitative estimate of drug-likeness (QED) is 0.428. The van der Waals surface area contributed by atoms with E-state index in [9.17, 15) is 36.3 Å². The molecule has 1 amide bonds. The molecule has 0 saturated carbocycles. The van der Waals surface area contributed by atoms with Gasteiger partial charge in [0.2, 0.25) is 0 Å². The van der Waals surface area contributed by atoms with Gasteiger partial charge in [0, 0.05) is 10.6 Å². The third-order valence-corrected chi connectivity index (χ3v) is 3.32. The number of hydrogen-bond acceptors (Lipinski definition) is 2. The van der Waals surface area contributed by atoms with Crippen LogP contribution in [0.2, 0.25) is 5.02 Å². The summed E-state index contributed by atoms with van der Waals surface area (Å²) in [6, 6.07) is 5.38. The standard InChI is InChI=1S/C15H8ClF6NO2/c16-11-3-1-2-8(4-11)13(24)23(25)12-6-9(14(17,18)19)5-10(7-12)15(20,21)22/h1-7,25H. The molecule has 0 spiro atoms. The predicted molar refractivity (Wildman–Crippen MR) is 76.5 cm³/mol. The van der Waals surface area contributed by atoms with Crippen LogP contribution in [0.25, 0.3) is 0 Å². The van der Waals surface area contributed by atoms with Crippen LogP contribution in [-0.2, 0) is 12.4 Å². The molecule has 0 atom stereocenters. The molecule has 0 aliphatic heterocycles. The highest BCUT2D eigenvalue weighted by Crippen LogP contribution is 2.38. The fraction of sp³-hybridized carbons (Fsp3) is 0.133. The number of benzene rings is 2. The van der Waals surface area contributed by atoms with Crippen molar-refractivity contribution in [3.63, 3.8) is 0 Å². The number of rotatable bonds is 2. The fourth-order valence-electron chi connectivity index (χ4n) is 1.92. The van der Waals surface area contributed by atoms with E-state index in [-0.39, 0.29) is 33.8 Å². The van der Waals surface area contributed by atoms with E-state index in [1.165, 1.54) is 18.2 Å². The van der Waals surface area contributed by atoms with Crippen molar-refractivity contribution in [1.82, 2.24) is 0 Å². The van der Waals surface area contributed by atoms with Crippen molar-refractivity contribution in [1.29, 1.82) is 0 Å². The van der Waals surface area contributed by atoms with E-state index in [4.69, 9.17) is 11.6 Å². The highest BCUT2D eigenvalue weighted by atomic mass is 35.5. The highest BCUT2D eigenvalue weighted by Gasteiger charge is 2.37. The summed E-state index contributed by atoms with van der Waals surface area (Å²) in [6.07, 6.45) is -10.2. The highest BCUT2D eigenvalue weighted by molar-refractivity contribution is 6.31. The molecule has 0 fully saturated rings. The van der Waals surface area contributed by atoms with Gasteiger partial charge in [0.25, 0.3) is 5.91 Å². The van der Waals surface area contributed by atoms with Crippen molar-refractivity contribution < 1.29 is 36.3 Å². The van der Waals surface area contributed by atoms with Crippen molar-refractivity contribution in [2.45, 2.75) is 12.4 Å². The fourth-order valence-corrected chi connectivity index (χ4v) is 2.11. The van der Waals surface area contributed by atoms with Crippen LogP contribution in [0, 0.1) is 0 Å². The van der Waals surface area contributed by atoms with E-state index in [0.29, 0.717) is 0 Å². The van der Waals surface area contributed by atoms with Gasteiger partial charge >= 0.3 is 12.4 Å². The number of halogens is 7. The SMILES string of the molecule is O=C(c1cccc(Cl)c1)N(O)c1cc(C(F)(F)F)cc(C(F)(F)F)c1. The van der Waals surface area contributed by atoms with E-state index < -0.39 is 35.1 Å². The number of hydrogen-bond donors (Lipinski definition) is 1. The van der Waals surface area contributed by atoms with Crippen LogP contribution >= 0.6 is 11.6 Å². The molecule has 2 aromatic rings. The maximum absolute atomic E-state index is 12.8. The summed E-state index contributed by atoms with van der Waals surface area (Å²) in [5.74, 6) is -1.24. The lowest BCUT2D eigenvalue weighted by Crippen LogP contribution is -2.28. The molecule has 0 bridgehead atoms. The first-order chi connectivity index (χ1) is 11.4. The minimum absolute atomic E-state index is 0.0965. The van der Waals surface area contributed by atoms with Crippen molar-refractivity contribution in [2.24, 2.45) is 0 Å². The lowest BCUT2D eigenvalue weighted by atomic mass is 10.1. The second-order valence-electron chi connectivity index (χ2n) is 4.89. The molecule has 0 radical (unpaired) electrons. The van der Waals surface area contributed by atoms with Gasteiger partial charge in [-0.05, 0) is 36.4 Å². The van der Waals surface area contributed by atoms with Crippen LogP contribution in [0.15, 0.2) is 42.5 Å². The summed E-state index contributed by atoms with van der Waals surface area (Å²) in [6.45, 7) is 0. The third-order valence-electron chi connectivity index (χ3n) is 3.08. The van der Waals surface area contributed by atoms with Gasteiger partial charge in [-0.1, -0.05) is 17.7 Å². The Bertz CT molecular complexity index is 771. The van der Waals surface area contributed by atoms with E-state index in [0.717, 1.165) is 6.07 Å². The zero-order valence-corrected chi connectivity index (χ0v) is 12.7. The van der Waals surface area contributed by atoms with Crippen molar-refractivity contribution >= 4 is 23.2 Å². The number of carbonyl (C=O) groups is 1. The molecule has 2 rings (SSSR count). The predicted octanol–water partition coefficient (Wildman–Crippen LogP) is 5.41. The van der Waals surface area contributed by atoms with E-state index in [1.54, 1.807) is 0 Å². The molecule has 0 aliphatic rings. The topological polar surface area (TPSA) is 40.5 Å². The van der Waals surface area contributed by atoms with Crippen LogP contribution in [0.1, 0.15) is 21.5 Å². The third kappa shape index (κ3) is 4.43.